The molecule has 0 aromatic heterocycles. The topological polar surface area (TPSA) is 20.3 Å². The fourth-order valence-electron chi connectivity index (χ4n) is 2.95. The normalized spacial score (nSPS) is 22.7. The van der Waals surface area contributed by atoms with Gasteiger partial charge < -0.3 is 9.69 Å². The molecule has 2 heteroatoms. The minimum absolute atomic E-state index is 0.340. The fourth-order valence-corrected chi connectivity index (χ4v) is 2.95. The molecule has 0 bridgehead atoms. The van der Waals surface area contributed by atoms with Crippen LogP contribution in [0.15, 0.2) is 24.3 Å². The average Bonchev–Trinajstić information content (AvgIpc) is 2.64. The van der Waals surface area contributed by atoms with E-state index in [2.05, 4.69) is 43.1 Å². The van der Waals surface area contributed by atoms with Gasteiger partial charge in [0.15, 0.2) is 0 Å². The van der Waals surface area contributed by atoms with Crippen molar-refractivity contribution in [2.24, 2.45) is 0 Å². The van der Waals surface area contributed by atoms with E-state index in [0.29, 0.717) is 18.3 Å². The summed E-state index contributed by atoms with van der Waals surface area (Å²) in [5.74, 6) is 1.05. The first kappa shape index (κ1) is 14.3. The van der Waals surface area contributed by atoms with E-state index in [4.69, 9.17) is 0 Å². The highest BCUT2D eigenvalue weighted by molar-refractivity contribution is 5.51. The van der Waals surface area contributed by atoms with Crippen molar-refractivity contribution in [2.75, 3.05) is 20.1 Å². The summed E-state index contributed by atoms with van der Waals surface area (Å²) in [6, 6.07) is 8.95. The van der Waals surface area contributed by atoms with Gasteiger partial charge >= 0.3 is 0 Å². The Labute approximate surface area is 116 Å². The molecule has 0 amide bonds. The number of aldehydes is 1. The molecular formula is C17H25NO. The van der Waals surface area contributed by atoms with Crippen LogP contribution in [0.5, 0.6) is 0 Å². The second-order valence-electron chi connectivity index (χ2n) is 5.90. The third-order valence-corrected chi connectivity index (χ3v) is 4.38. The quantitative estimate of drug-likeness (QED) is 0.770. The Morgan fingerprint density at radius 2 is 2.00 bits per heavy atom. The lowest BCUT2D eigenvalue weighted by atomic mass is 9.89. The van der Waals surface area contributed by atoms with Crippen LogP contribution >= 0.6 is 0 Å². The molecule has 0 saturated carbocycles. The summed E-state index contributed by atoms with van der Waals surface area (Å²) in [4.78, 5) is 13.0. The Morgan fingerprint density at radius 3 is 2.68 bits per heavy atom. The Bertz CT molecular complexity index is 398. The number of rotatable bonds is 4. The molecule has 2 unspecified atom stereocenters. The third kappa shape index (κ3) is 3.90. The predicted octanol–water partition coefficient (Wildman–Crippen LogP) is 3.58. The summed E-state index contributed by atoms with van der Waals surface area (Å²) >= 11 is 0. The average molecular weight is 259 g/mol. The lowest BCUT2D eigenvalue weighted by Gasteiger charge is -2.16. The van der Waals surface area contributed by atoms with Crippen LogP contribution in [0, 0.1) is 0 Å². The number of nitrogens with zero attached hydrogens (tertiary/aromatic N) is 1. The van der Waals surface area contributed by atoms with Gasteiger partial charge in [-0.15, -0.1) is 0 Å². The summed E-state index contributed by atoms with van der Waals surface area (Å²) in [7, 11) is 2.21. The zero-order chi connectivity index (χ0) is 13.7. The molecule has 1 aromatic rings. The maximum absolute atomic E-state index is 10.6. The predicted molar refractivity (Wildman–Crippen MR) is 79.6 cm³/mol. The standard InChI is InChI=1S/C17H25NO/c1-14(10-13-19)15-5-7-17(8-6-15)16-4-3-11-18(2)12-9-16/h5-8,13-14,16H,3-4,9-12H2,1-2H3. The molecule has 2 atom stereocenters. The summed E-state index contributed by atoms with van der Waals surface area (Å²) in [6.45, 7) is 4.54. The monoisotopic (exact) mass is 259 g/mol. The Balaban J connectivity index is 2.03. The van der Waals surface area contributed by atoms with Crippen molar-refractivity contribution in [3.8, 4) is 0 Å². The Kier molecular flexibility index (Phi) is 5.15. The highest BCUT2D eigenvalue weighted by atomic mass is 16.1. The van der Waals surface area contributed by atoms with Crippen molar-refractivity contribution in [1.82, 2.24) is 4.90 Å². The van der Waals surface area contributed by atoms with E-state index in [-0.39, 0.29) is 0 Å². The van der Waals surface area contributed by atoms with Gasteiger partial charge in [0.25, 0.3) is 0 Å². The van der Waals surface area contributed by atoms with Gasteiger partial charge in [0.1, 0.15) is 6.29 Å². The largest absolute Gasteiger partial charge is 0.306 e. The molecule has 1 heterocycles. The highest BCUT2D eigenvalue weighted by Gasteiger charge is 2.16. The first-order chi connectivity index (χ1) is 9.20. The van der Waals surface area contributed by atoms with Gasteiger partial charge in [-0.25, -0.2) is 0 Å². The molecule has 2 nitrogen and oxygen atoms in total. The van der Waals surface area contributed by atoms with E-state index in [1.54, 1.807) is 0 Å². The summed E-state index contributed by atoms with van der Waals surface area (Å²) in [5, 5.41) is 0. The molecule has 1 aliphatic heterocycles. The van der Waals surface area contributed by atoms with Crippen LogP contribution in [0.2, 0.25) is 0 Å². The summed E-state index contributed by atoms with van der Waals surface area (Å²) in [6.07, 6.45) is 5.49. The van der Waals surface area contributed by atoms with E-state index in [1.165, 1.54) is 43.5 Å². The molecular weight excluding hydrogens is 234 g/mol. The molecule has 0 radical (unpaired) electrons. The van der Waals surface area contributed by atoms with E-state index in [0.717, 1.165) is 6.29 Å². The van der Waals surface area contributed by atoms with Crippen LogP contribution < -0.4 is 0 Å². The van der Waals surface area contributed by atoms with E-state index >= 15 is 0 Å². The third-order valence-electron chi connectivity index (χ3n) is 4.38. The van der Waals surface area contributed by atoms with Crippen LogP contribution in [0.4, 0.5) is 0 Å². The minimum Gasteiger partial charge on any atom is -0.306 e. The Morgan fingerprint density at radius 1 is 1.26 bits per heavy atom. The van der Waals surface area contributed by atoms with Gasteiger partial charge in [-0.2, -0.15) is 0 Å². The van der Waals surface area contributed by atoms with E-state index in [1.807, 2.05) is 0 Å². The number of likely N-dealkylation sites (tertiary alicyclic amines) is 1. The Hall–Kier alpha value is -1.15. The smallest absolute Gasteiger partial charge is 0.120 e. The first-order valence-electron chi connectivity index (χ1n) is 7.42. The van der Waals surface area contributed by atoms with Gasteiger partial charge in [-0.05, 0) is 62.4 Å². The van der Waals surface area contributed by atoms with Crippen molar-refractivity contribution in [3.63, 3.8) is 0 Å². The van der Waals surface area contributed by atoms with Crippen molar-refractivity contribution in [1.29, 1.82) is 0 Å². The maximum Gasteiger partial charge on any atom is 0.120 e. The summed E-state index contributed by atoms with van der Waals surface area (Å²) < 4.78 is 0. The fraction of sp³-hybridized carbons (Fsp3) is 0.588. The zero-order valence-corrected chi connectivity index (χ0v) is 12.1. The van der Waals surface area contributed by atoms with Crippen molar-refractivity contribution < 1.29 is 4.79 Å². The second-order valence-corrected chi connectivity index (χ2v) is 5.90. The molecule has 0 spiro atoms. The van der Waals surface area contributed by atoms with Gasteiger partial charge in [-0.1, -0.05) is 31.2 Å². The van der Waals surface area contributed by atoms with Crippen molar-refractivity contribution >= 4 is 6.29 Å². The first-order valence-corrected chi connectivity index (χ1v) is 7.42. The number of hydrogen-bond acceptors (Lipinski definition) is 2. The van der Waals surface area contributed by atoms with E-state index in [9.17, 15) is 4.79 Å². The van der Waals surface area contributed by atoms with Crippen LogP contribution in [-0.2, 0) is 4.79 Å². The number of carbonyl (C=O) groups is 1. The molecule has 2 rings (SSSR count). The van der Waals surface area contributed by atoms with Gasteiger partial charge in [0.05, 0.1) is 0 Å². The van der Waals surface area contributed by atoms with Crippen LogP contribution in [0.3, 0.4) is 0 Å². The molecule has 1 aromatic carbocycles. The van der Waals surface area contributed by atoms with Gasteiger partial charge in [0, 0.05) is 6.42 Å². The van der Waals surface area contributed by atoms with Gasteiger partial charge in [-0.3, -0.25) is 0 Å². The van der Waals surface area contributed by atoms with Gasteiger partial charge in [0.2, 0.25) is 0 Å². The molecule has 1 saturated heterocycles. The molecule has 1 fully saturated rings. The van der Waals surface area contributed by atoms with Crippen molar-refractivity contribution in [2.45, 2.75) is 44.4 Å². The van der Waals surface area contributed by atoms with E-state index < -0.39 is 0 Å². The summed E-state index contributed by atoms with van der Waals surface area (Å²) in [5.41, 5.74) is 2.75. The molecule has 0 aliphatic carbocycles. The molecule has 0 N–H and O–H groups in total. The lowest BCUT2D eigenvalue weighted by Crippen LogP contribution is -2.18. The van der Waals surface area contributed by atoms with Crippen LogP contribution in [0.1, 0.15) is 55.6 Å². The number of benzene rings is 1. The lowest BCUT2D eigenvalue weighted by molar-refractivity contribution is -0.108. The van der Waals surface area contributed by atoms with Crippen molar-refractivity contribution in [3.05, 3.63) is 35.4 Å². The number of carbonyl (C=O) groups excluding carboxylic acids is 1. The number of hydrogen-bond donors (Lipinski definition) is 0. The zero-order valence-electron chi connectivity index (χ0n) is 12.1. The maximum atomic E-state index is 10.6. The van der Waals surface area contributed by atoms with Crippen LogP contribution in [0.25, 0.3) is 0 Å². The molecule has 104 valence electrons. The second kappa shape index (κ2) is 6.85. The highest BCUT2D eigenvalue weighted by Crippen LogP contribution is 2.29. The molecule has 1 aliphatic rings. The minimum atomic E-state index is 0.340. The molecule has 19 heavy (non-hydrogen) atoms. The SMILES string of the molecule is CC(CC=O)c1ccc(C2CCCN(C)CC2)cc1. The van der Waals surface area contributed by atoms with Crippen LogP contribution in [-0.4, -0.2) is 31.3 Å².